The van der Waals surface area contributed by atoms with Gasteiger partial charge in [-0.3, -0.25) is 4.98 Å². The van der Waals surface area contributed by atoms with Gasteiger partial charge < -0.3 is 10.4 Å². The van der Waals surface area contributed by atoms with Crippen molar-refractivity contribution in [2.24, 2.45) is 0 Å². The van der Waals surface area contributed by atoms with Crippen LogP contribution >= 0.6 is 0 Å². The smallest absolute Gasteiger partial charge is 0.0587 e. The second-order valence-electron chi connectivity index (χ2n) is 4.31. The number of aromatic nitrogens is 1. The number of hydrogen-bond donors (Lipinski definition) is 2. The topological polar surface area (TPSA) is 45.1 Å². The number of nitrogens with zero attached hydrogens (tertiary/aromatic N) is 1. The molecule has 18 heavy (non-hydrogen) atoms. The van der Waals surface area contributed by atoms with Gasteiger partial charge in [-0.2, -0.15) is 0 Å². The summed E-state index contributed by atoms with van der Waals surface area (Å²) in [4.78, 5) is 4.07. The van der Waals surface area contributed by atoms with Crippen molar-refractivity contribution in [2.75, 3.05) is 6.61 Å². The van der Waals surface area contributed by atoms with Crippen molar-refractivity contribution in [2.45, 2.75) is 19.0 Å². The Morgan fingerprint density at radius 1 is 1.06 bits per heavy atom. The van der Waals surface area contributed by atoms with Gasteiger partial charge in [0, 0.05) is 25.0 Å². The van der Waals surface area contributed by atoms with Crippen LogP contribution in [0.15, 0.2) is 54.9 Å². The summed E-state index contributed by atoms with van der Waals surface area (Å²) in [5, 5.41) is 12.7. The number of aliphatic hydroxyl groups excluding tert-OH is 1. The third kappa shape index (κ3) is 3.95. The molecular weight excluding hydrogens is 224 g/mol. The van der Waals surface area contributed by atoms with Crippen LogP contribution in [0.1, 0.15) is 11.1 Å². The molecule has 0 saturated carbocycles. The molecule has 0 bridgehead atoms. The maximum atomic E-state index is 9.39. The van der Waals surface area contributed by atoms with Crippen LogP contribution in [-0.4, -0.2) is 22.7 Å². The Labute approximate surface area is 108 Å². The van der Waals surface area contributed by atoms with E-state index in [0.29, 0.717) is 0 Å². The van der Waals surface area contributed by atoms with Gasteiger partial charge in [-0.25, -0.2) is 0 Å². The molecule has 1 atom stereocenters. The van der Waals surface area contributed by atoms with Crippen molar-refractivity contribution in [1.29, 1.82) is 0 Å². The first-order chi connectivity index (χ1) is 8.88. The van der Waals surface area contributed by atoms with Crippen LogP contribution < -0.4 is 5.32 Å². The van der Waals surface area contributed by atoms with E-state index in [4.69, 9.17) is 0 Å². The van der Waals surface area contributed by atoms with Crippen LogP contribution in [0.2, 0.25) is 0 Å². The molecule has 2 rings (SSSR count). The number of rotatable bonds is 6. The zero-order valence-electron chi connectivity index (χ0n) is 10.3. The van der Waals surface area contributed by atoms with E-state index in [1.807, 2.05) is 36.5 Å². The number of aliphatic hydroxyl groups is 1. The lowest BCUT2D eigenvalue weighted by Gasteiger charge is -2.16. The molecule has 1 aromatic heterocycles. The van der Waals surface area contributed by atoms with E-state index in [9.17, 15) is 5.11 Å². The van der Waals surface area contributed by atoms with E-state index < -0.39 is 0 Å². The lowest BCUT2D eigenvalue weighted by Crippen LogP contribution is -2.34. The largest absolute Gasteiger partial charge is 0.395 e. The summed E-state index contributed by atoms with van der Waals surface area (Å²) in [7, 11) is 0. The second kappa shape index (κ2) is 6.89. The van der Waals surface area contributed by atoms with Gasteiger partial charge in [-0.1, -0.05) is 36.4 Å². The Hall–Kier alpha value is -1.71. The van der Waals surface area contributed by atoms with E-state index >= 15 is 0 Å². The van der Waals surface area contributed by atoms with Gasteiger partial charge in [0.05, 0.1) is 6.61 Å². The Balaban J connectivity index is 1.86. The highest BCUT2D eigenvalue weighted by Crippen LogP contribution is 2.04. The first-order valence-electron chi connectivity index (χ1n) is 6.15. The SMILES string of the molecule is OCC(Cc1ccccc1)NCc1cccnc1. The van der Waals surface area contributed by atoms with Gasteiger partial charge in [0.15, 0.2) is 0 Å². The lowest BCUT2D eigenvalue weighted by molar-refractivity contribution is 0.241. The highest BCUT2D eigenvalue weighted by atomic mass is 16.3. The van der Waals surface area contributed by atoms with E-state index in [0.717, 1.165) is 18.5 Å². The maximum absolute atomic E-state index is 9.39. The van der Waals surface area contributed by atoms with Crippen LogP contribution in [0.3, 0.4) is 0 Å². The normalized spacial score (nSPS) is 12.3. The molecule has 0 spiro atoms. The standard InChI is InChI=1S/C15H18N2O/c18-12-15(9-13-5-2-1-3-6-13)17-11-14-7-4-8-16-10-14/h1-8,10,15,17-18H,9,11-12H2. The zero-order chi connectivity index (χ0) is 12.6. The molecule has 0 amide bonds. The third-order valence-corrected chi connectivity index (χ3v) is 2.86. The average Bonchev–Trinajstić information content (AvgIpc) is 2.45. The van der Waals surface area contributed by atoms with Gasteiger partial charge >= 0.3 is 0 Å². The van der Waals surface area contributed by atoms with Gasteiger partial charge in [-0.15, -0.1) is 0 Å². The summed E-state index contributed by atoms with van der Waals surface area (Å²) < 4.78 is 0. The van der Waals surface area contributed by atoms with E-state index in [2.05, 4.69) is 22.4 Å². The lowest BCUT2D eigenvalue weighted by atomic mass is 10.1. The highest BCUT2D eigenvalue weighted by molar-refractivity contribution is 5.16. The van der Waals surface area contributed by atoms with Gasteiger partial charge in [0.25, 0.3) is 0 Å². The minimum Gasteiger partial charge on any atom is -0.395 e. The van der Waals surface area contributed by atoms with Crippen molar-refractivity contribution < 1.29 is 5.11 Å². The Kier molecular flexibility index (Phi) is 4.88. The Morgan fingerprint density at radius 2 is 1.83 bits per heavy atom. The first-order valence-corrected chi connectivity index (χ1v) is 6.15. The van der Waals surface area contributed by atoms with Crippen LogP contribution in [0.4, 0.5) is 0 Å². The monoisotopic (exact) mass is 242 g/mol. The van der Waals surface area contributed by atoms with Crippen LogP contribution in [0.5, 0.6) is 0 Å². The third-order valence-electron chi connectivity index (χ3n) is 2.86. The average molecular weight is 242 g/mol. The van der Waals surface area contributed by atoms with E-state index in [1.54, 1.807) is 6.20 Å². The molecule has 3 nitrogen and oxygen atoms in total. The summed E-state index contributed by atoms with van der Waals surface area (Å²) in [6, 6.07) is 14.2. The number of nitrogens with one attached hydrogen (secondary N) is 1. The van der Waals surface area contributed by atoms with Gasteiger partial charge in [0.1, 0.15) is 0 Å². The molecule has 3 heteroatoms. The van der Waals surface area contributed by atoms with Crippen molar-refractivity contribution in [3.05, 3.63) is 66.0 Å². The molecule has 2 N–H and O–H groups in total. The molecule has 0 aliphatic rings. The molecular formula is C15H18N2O. The summed E-state index contributed by atoms with van der Waals surface area (Å²) in [6.45, 7) is 0.862. The molecule has 94 valence electrons. The van der Waals surface area contributed by atoms with E-state index in [1.165, 1.54) is 5.56 Å². The second-order valence-corrected chi connectivity index (χ2v) is 4.31. The fraction of sp³-hybridized carbons (Fsp3) is 0.267. The van der Waals surface area contributed by atoms with Crippen LogP contribution in [0, 0.1) is 0 Å². The first kappa shape index (κ1) is 12.7. The quantitative estimate of drug-likeness (QED) is 0.811. The molecule has 1 aromatic carbocycles. The minimum absolute atomic E-state index is 0.0765. The number of pyridine rings is 1. The van der Waals surface area contributed by atoms with Crippen molar-refractivity contribution in [3.8, 4) is 0 Å². The summed E-state index contributed by atoms with van der Waals surface area (Å²) in [5.74, 6) is 0. The van der Waals surface area contributed by atoms with Crippen molar-refractivity contribution >= 4 is 0 Å². The van der Waals surface area contributed by atoms with Crippen LogP contribution in [-0.2, 0) is 13.0 Å². The summed E-state index contributed by atoms with van der Waals surface area (Å²) in [6.07, 6.45) is 4.43. The minimum atomic E-state index is 0.0765. The Morgan fingerprint density at radius 3 is 2.50 bits per heavy atom. The number of hydrogen-bond acceptors (Lipinski definition) is 3. The van der Waals surface area contributed by atoms with E-state index in [-0.39, 0.29) is 12.6 Å². The predicted molar refractivity (Wildman–Crippen MR) is 72.1 cm³/mol. The molecule has 0 fully saturated rings. The predicted octanol–water partition coefficient (Wildman–Crippen LogP) is 1.77. The zero-order valence-corrected chi connectivity index (χ0v) is 10.3. The molecule has 0 saturated heterocycles. The van der Waals surface area contributed by atoms with Gasteiger partial charge in [-0.05, 0) is 23.6 Å². The number of benzene rings is 1. The van der Waals surface area contributed by atoms with Gasteiger partial charge in [0.2, 0.25) is 0 Å². The molecule has 2 aromatic rings. The maximum Gasteiger partial charge on any atom is 0.0587 e. The molecule has 1 heterocycles. The van der Waals surface area contributed by atoms with Crippen molar-refractivity contribution in [1.82, 2.24) is 10.3 Å². The highest BCUT2D eigenvalue weighted by Gasteiger charge is 2.07. The summed E-state index contributed by atoms with van der Waals surface area (Å²) in [5.41, 5.74) is 2.36. The fourth-order valence-electron chi connectivity index (χ4n) is 1.86. The molecule has 0 aliphatic carbocycles. The molecule has 0 aliphatic heterocycles. The molecule has 0 radical (unpaired) electrons. The summed E-state index contributed by atoms with van der Waals surface area (Å²) >= 11 is 0. The molecule has 1 unspecified atom stereocenters. The van der Waals surface area contributed by atoms with Crippen LogP contribution in [0.25, 0.3) is 0 Å². The fourth-order valence-corrected chi connectivity index (χ4v) is 1.86. The Bertz CT molecular complexity index is 445. The van der Waals surface area contributed by atoms with Crippen molar-refractivity contribution in [3.63, 3.8) is 0 Å².